The lowest BCUT2D eigenvalue weighted by Gasteiger charge is -2.27. The number of aromatic nitrogens is 1. The molecular weight excluding hydrogens is 276 g/mol. The fourth-order valence-electron chi connectivity index (χ4n) is 1.59. The molecule has 3 nitrogen and oxygen atoms in total. The highest BCUT2D eigenvalue weighted by Crippen LogP contribution is 2.29. The van der Waals surface area contributed by atoms with Gasteiger partial charge in [0.2, 0.25) is 5.91 Å². The monoisotopic (exact) mass is 288 g/mol. The van der Waals surface area contributed by atoms with Crippen LogP contribution in [-0.2, 0) is 4.79 Å². The lowest BCUT2D eigenvalue weighted by atomic mass is 10.1. The number of anilines is 1. The molecular formula is C10H13BrN2OS. The SMILES string of the molecule is Cc1nc(N2CCCC(Br)C2=O)sc1C. The first-order chi connectivity index (χ1) is 7.09. The molecule has 1 aliphatic rings. The van der Waals surface area contributed by atoms with Gasteiger partial charge in [-0.3, -0.25) is 9.69 Å². The van der Waals surface area contributed by atoms with Crippen molar-refractivity contribution >= 4 is 38.3 Å². The van der Waals surface area contributed by atoms with Crippen LogP contribution in [0, 0.1) is 13.8 Å². The van der Waals surface area contributed by atoms with Crippen LogP contribution in [-0.4, -0.2) is 22.3 Å². The normalized spacial score (nSPS) is 22.2. The molecule has 0 spiro atoms. The number of carbonyl (C=O) groups is 1. The molecule has 5 heteroatoms. The van der Waals surface area contributed by atoms with Crippen LogP contribution in [0.2, 0.25) is 0 Å². The van der Waals surface area contributed by atoms with Gasteiger partial charge in [0.05, 0.1) is 10.5 Å². The van der Waals surface area contributed by atoms with Gasteiger partial charge in [-0.2, -0.15) is 0 Å². The van der Waals surface area contributed by atoms with E-state index in [4.69, 9.17) is 0 Å². The summed E-state index contributed by atoms with van der Waals surface area (Å²) in [6, 6.07) is 0. The molecule has 0 bridgehead atoms. The quantitative estimate of drug-likeness (QED) is 0.745. The summed E-state index contributed by atoms with van der Waals surface area (Å²) in [5.74, 6) is 0.148. The summed E-state index contributed by atoms with van der Waals surface area (Å²) in [5, 5.41) is 0.846. The fourth-order valence-corrected chi connectivity index (χ4v) is 3.10. The number of alkyl halides is 1. The van der Waals surface area contributed by atoms with Crippen molar-refractivity contribution in [2.45, 2.75) is 31.5 Å². The third-order valence-electron chi connectivity index (χ3n) is 2.62. The Kier molecular flexibility index (Phi) is 3.11. The predicted octanol–water partition coefficient (Wildman–Crippen LogP) is 2.65. The molecule has 0 aromatic carbocycles. The Labute approximate surface area is 102 Å². The van der Waals surface area contributed by atoms with Crippen LogP contribution in [0.4, 0.5) is 5.13 Å². The number of rotatable bonds is 1. The molecule has 1 aromatic rings. The molecule has 1 amide bonds. The van der Waals surface area contributed by atoms with Crippen molar-refractivity contribution in [1.82, 2.24) is 4.98 Å². The number of aryl methyl sites for hydroxylation is 2. The van der Waals surface area contributed by atoms with Crippen molar-refractivity contribution in [1.29, 1.82) is 0 Å². The summed E-state index contributed by atoms with van der Waals surface area (Å²) < 4.78 is 0. The Morgan fingerprint density at radius 3 is 2.87 bits per heavy atom. The second-order valence-corrected chi connectivity index (χ2v) is 6.02. The number of halogens is 1. The lowest BCUT2D eigenvalue weighted by molar-refractivity contribution is -0.118. The van der Waals surface area contributed by atoms with Gasteiger partial charge < -0.3 is 0 Å². The number of carbonyl (C=O) groups excluding carboxylic acids is 1. The Hall–Kier alpha value is -0.420. The van der Waals surface area contributed by atoms with E-state index in [-0.39, 0.29) is 10.7 Å². The molecule has 15 heavy (non-hydrogen) atoms. The summed E-state index contributed by atoms with van der Waals surface area (Å²) in [6.07, 6.45) is 1.97. The topological polar surface area (TPSA) is 33.2 Å². The van der Waals surface area contributed by atoms with Crippen molar-refractivity contribution in [3.05, 3.63) is 10.6 Å². The second-order valence-electron chi connectivity index (χ2n) is 3.74. The van der Waals surface area contributed by atoms with E-state index in [0.29, 0.717) is 0 Å². The minimum Gasteiger partial charge on any atom is -0.287 e. The van der Waals surface area contributed by atoms with E-state index in [2.05, 4.69) is 20.9 Å². The molecule has 0 radical (unpaired) electrons. The Morgan fingerprint density at radius 2 is 2.27 bits per heavy atom. The largest absolute Gasteiger partial charge is 0.287 e. The zero-order valence-corrected chi connectivity index (χ0v) is 11.2. The van der Waals surface area contributed by atoms with E-state index in [1.807, 2.05) is 13.8 Å². The first-order valence-corrected chi connectivity index (χ1v) is 6.72. The van der Waals surface area contributed by atoms with Crippen LogP contribution in [0.5, 0.6) is 0 Å². The highest BCUT2D eigenvalue weighted by atomic mass is 79.9. The fraction of sp³-hybridized carbons (Fsp3) is 0.600. The van der Waals surface area contributed by atoms with E-state index >= 15 is 0 Å². The summed E-state index contributed by atoms with van der Waals surface area (Å²) in [7, 11) is 0. The van der Waals surface area contributed by atoms with Gasteiger partial charge in [0, 0.05) is 11.4 Å². The zero-order chi connectivity index (χ0) is 11.0. The maximum atomic E-state index is 11.9. The minimum absolute atomic E-state index is 0.0317. The Morgan fingerprint density at radius 1 is 1.53 bits per heavy atom. The number of hydrogen-bond acceptors (Lipinski definition) is 3. The van der Waals surface area contributed by atoms with Gasteiger partial charge in [0.25, 0.3) is 0 Å². The van der Waals surface area contributed by atoms with E-state index in [0.717, 1.165) is 30.2 Å². The predicted molar refractivity (Wildman–Crippen MR) is 65.9 cm³/mol. The molecule has 1 atom stereocenters. The molecule has 0 aliphatic carbocycles. The first kappa shape index (κ1) is 11.1. The maximum Gasteiger partial charge on any atom is 0.242 e. The van der Waals surface area contributed by atoms with Crippen molar-refractivity contribution < 1.29 is 4.79 Å². The Bertz CT molecular complexity index is 371. The number of hydrogen-bond donors (Lipinski definition) is 0. The molecule has 1 aromatic heterocycles. The van der Waals surface area contributed by atoms with Gasteiger partial charge >= 0.3 is 0 Å². The van der Waals surface area contributed by atoms with Crippen LogP contribution >= 0.6 is 27.3 Å². The molecule has 1 fully saturated rings. The van der Waals surface area contributed by atoms with Crippen molar-refractivity contribution in [2.75, 3.05) is 11.4 Å². The van der Waals surface area contributed by atoms with E-state index in [1.54, 1.807) is 16.2 Å². The standard InChI is InChI=1S/C10H13BrN2OS/c1-6-7(2)15-10(12-6)13-5-3-4-8(11)9(13)14/h8H,3-5H2,1-2H3. The highest BCUT2D eigenvalue weighted by Gasteiger charge is 2.29. The number of piperidine rings is 1. The van der Waals surface area contributed by atoms with Gasteiger partial charge in [-0.05, 0) is 26.7 Å². The number of amides is 1. The molecule has 2 heterocycles. The highest BCUT2D eigenvalue weighted by molar-refractivity contribution is 9.10. The smallest absolute Gasteiger partial charge is 0.242 e. The lowest BCUT2D eigenvalue weighted by Crippen LogP contribution is -2.41. The molecule has 0 N–H and O–H groups in total. The number of nitrogens with zero attached hydrogens (tertiary/aromatic N) is 2. The second kappa shape index (κ2) is 4.22. The molecule has 1 saturated heterocycles. The summed E-state index contributed by atoms with van der Waals surface area (Å²) >= 11 is 5.00. The summed E-state index contributed by atoms with van der Waals surface area (Å²) in [5.41, 5.74) is 1.03. The van der Waals surface area contributed by atoms with Crippen LogP contribution in [0.3, 0.4) is 0 Å². The van der Waals surface area contributed by atoms with Crippen molar-refractivity contribution in [3.8, 4) is 0 Å². The van der Waals surface area contributed by atoms with Crippen molar-refractivity contribution in [3.63, 3.8) is 0 Å². The van der Waals surface area contributed by atoms with Gasteiger partial charge in [-0.1, -0.05) is 15.9 Å². The number of thiazole rings is 1. The van der Waals surface area contributed by atoms with Crippen molar-refractivity contribution in [2.24, 2.45) is 0 Å². The first-order valence-electron chi connectivity index (χ1n) is 4.99. The molecule has 2 rings (SSSR count). The van der Waals surface area contributed by atoms with E-state index in [9.17, 15) is 4.79 Å². The third-order valence-corrected chi connectivity index (χ3v) is 4.57. The Balaban J connectivity index is 2.26. The van der Waals surface area contributed by atoms with E-state index < -0.39 is 0 Å². The third kappa shape index (κ3) is 2.08. The van der Waals surface area contributed by atoms with Gasteiger partial charge in [0.15, 0.2) is 5.13 Å². The van der Waals surface area contributed by atoms with Crippen LogP contribution in [0.25, 0.3) is 0 Å². The molecule has 1 unspecified atom stereocenters. The van der Waals surface area contributed by atoms with Crippen LogP contribution < -0.4 is 4.90 Å². The molecule has 1 aliphatic heterocycles. The summed E-state index contributed by atoms with van der Waals surface area (Å²) in [6.45, 7) is 4.82. The average molecular weight is 289 g/mol. The average Bonchev–Trinajstić information content (AvgIpc) is 2.51. The van der Waals surface area contributed by atoms with Crippen LogP contribution in [0.1, 0.15) is 23.4 Å². The van der Waals surface area contributed by atoms with Gasteiger partial charge in [-0.15, -0.1) is 11.3 Å². The minimum atomic E-state index is -0.0317. The summed E-state index contributed by atoms with van der Waals surface area (Å²) in [4.78, 5) is 19.3. The van der Waals surface area contributed by atoms with Gasteiger partial charge in [-0.25, -0.2) is 4.98 Å². The van der Waals surface area contributed by atoms with E-state index in [1.165, 1.54) is 4.88 Å². The maximum absolute atomic E-state index is 11.9. The van der Waals surface area contributed by atoms with Gasteiger partial charge in [0.1, 0.15) is 0 Å². The van der Waals surface area contributed by atoms with Crippen LogP contribution in [0.15, 0.2) is 0 Å². The zero-order valence-electron chi connectivity index (χ0n) is 8.79. The molecule has 0 saturated carbocycles. The molecule has 82 valence electrons.